The van der Waals surface area contributed by atoms with Gasteiger partial charge in [-0.05, 0) is 30.4 Å². The van der Waals surface area contributed by atoms with Gasteiger partial charge in [0.15, 0.2) is 0 Å². The molecule has 0 N–H and O–H groups in total. The molecule has 1 radical (unpaired) electrons. The molecule has 1 atom stereocenters. The van der Waals surface area contributed by atoms with Crippen LogP contribution in [0.15, 0.2) is 18.2 Å². The van der Waals surface area contributed by atoms with Crippen LogP contribution in [0.3, 0.4) is 0 Å². The molecule has 0 fully saturated rings. The molecular formula is C11H14Cl. The summed E-state index contributed by atoms with van der Waals surface area (Å²) in [5.74, 6) is 0.268. The lowest BCUT2D eigenvalue weighted by atomic mass is 10.00. The summed E-state index contributed by atoms with van der Waals surface area (Å²) >= 11 is 6.16. The lowest BCUT2D eigenvalue weighted by molar-refractivity contribution is 0.955. The fourth-order valence-corrected chi connectivity index (χ4v) is 1.70. The normalized spacial score (nSPS) is 10.8. The van der Waals surface area contributed by atoms with Crippen LogP contribution in [0.1, 0.15) is 30.9 Å². The maximum absolute atomic E-state index is 6.16. The molecule has 1 aromatic rings. The Kier molecular flexibility index (Phi) is 3.16. The molecule has 0 aliphatic heterocycles. The van der Waals surface area contributed by atoms with Crippen molar-refractivity contribution >= 4 is 11.6 Å². The zero-order valence-corrected chi connectivity index (χ0v) is 8.36. The average Bonchev–Trinajstić information content (AvgIpc) is 2.04. The number of rotatable bonds is 2. The molecule has 0 amide bonds. The largest absolute Gasteiger partial charge is 0.0837 e. The van der Waals surface area contributed by atoms with Gasteiger partial charge >= 0.3 is 0 Å². The summed E-state index contributed by atoms with van der Waals surface area (Å²) in [4.78, 5) is 0. The highest BCUT2D eigenvalue weighted by atomic mass is 35.5. The molecule has 0 heterocycles. The van der Waals surface area contributed by atoms with Crippen molar-refractivity contribution in [2.45, 2.75) is 26.2 Å². The van der Waals surface area contributed by atoms with Gasteiger partial charge < -0.3 is 0 Å². The van der Waals surface area contributed by atoms with Gasteiger partial charge in [0.1, 0.15) is 0 Å². The minimum Gasteiger partial charge on any atom is -0.0837 e. The van der Waals surface area contributed by atoms with Crippen LogP contribution >= 0.6 is 11.6 Å². The molecule has 0 bridgehead atoms. The second-order valence-electron chi connectivity index (χ2n) is 3.07. The van der Waals surface area contributed by atoms with Gasteiger partial charge in [-0.1, -0.05) is 43.6 Å². The number of hydrogen-bond acceptors (Lipinski definition) is 0. The fraction of sp³-hybridized carbons (Fsp3) is 0.364. The average molecular weight is 182 g/mol. The van der Waals surface area contributed by atoms with E-state index in [1.807, 2.05) is 12.1 Å². The van der Waals surface area contributed by atoms with Gasteiger partial charge in [0.25, 0.3) is 0 Å². The van der Waals surface area contributed by atoms with Gasteiger partial charge in [-0.25, -0.2) is 0 Å². The Morgan fingerprint density at radius 2 is 2.17 bits per heavy atom. The molecule has 1 aromatic carbocycles. The monoisotopic (exact) mass is 181 g/mol. The first-order chi connectivity index (χ1) is 5.66. The molecule has 0 nitrogen and oxygen atoms in total. The van der Waals surface area contributed by atoms with Gasteiger partial charge in [-0.2, -0.15) is 0 Å². The van der Waals surface area contributed by atoms with Crippen LogP contribution < -0.4 is 0 Å². The van der Waals surface area contributed by atoms with Crippen LogP contribution in [0.5, 0.6) is 0 Å². The van der Waals surface area contributed by atoms with E-state index < -0.39 is 0 Å². The predicted octanol–water partition coefficient (Wildman–Crippen LogP) is 3.84. The molecule has 0 aliphatic carbocycles. The number of benzene rings is 1. The summed E-state index contributed by atoms with van der Waals surface area (Å²) in [6.45, 7) is 8.13. The third-order valence-corrected chi connectivity index (χ3v) is 2.48. The molecule has 1 unspecified atom stereocenters. The lowest BCUT2D eigenvalue weighted by Gasteiger charge is -2.10. The summed E-state index contributed by atoms with van der Waals surface area (Å²) in [6.07, 6.45) is 0.986. The molecule has 0 spiro atoms. The number of aryl methyl sites for hydroxylation is 1. The van der Waals surface area contributed by atoms with Crippen molar-refractivity contribution in [3.8, 4) is 0 Å². The summed E-state index contributed by atoms with van der Waals surface area (Å²) in [5, 5.41) is 0.891. The molecule has 0 saturated heterocycles. The van der Waals surface area contributed by atoms with Crippen molar-refractivity contribution in [1.29, 1.82) is 0 Å². The number of hydrogen-bond donors (Lipinski definition) is 0. The highest BCUT2D eigenvalue weighted by Gasteiger charge is 2.06. The Bertz CT molecular complexity index is 264. The van der Waals surface area contributed by atoms with E-state index in [0.717, 1.165) is 17.0 Å². The van der Waals surface area contributed by atoms with E-state index in [-0.39, 0.29) is 5.92 Å². The van der Waals surface area contributed by atoms with Crippen molar-refractivity contribution in [3.05, 3.63) is 41.3 Å². The standard InChI is InChI=1S/C11H14Cl/c1-4-9-6-5-7-10(8(2)3)11(9)12/h5-8H,2,4H2,1,3H3. The highest BCUT2D eigenvalue weighted by molar-refractivity contribution is 6.32. The molecule has 1 rings (SSSR count). The van der Waals surface area contributed by atoms with Crippen molar-refractivity contribution in [2.24, 2.45) is 0 Å². The maximum Gasteiger partial charge on any atom is 0.0472 e. The summed E-state index contributed by atoms with van der Waals surface area (Å²) in [5.41, 5.74) is 2.36. The van der Waals surface area contributed by atoms with E-state index in [2.05, 4.69) is 26.8 Å². The Labute approximate surface area is 79.6 Å². The maximum atomic E-state index is 6.16. The molecule has 0 saturated carbocycles. The smallest absolute Gasteiger partial charge is 0.0472 e. The molecular weight excluding hydrogens is 168 g/mol. The second-order valence-corrected chi connectivity index (χ2v) is 3.45. The first kappa shape index (κ1) is 9.60. The molecule has 0 aromatic heterocycles. The van der Waals surface area contributed by atoms with Crippen LogP contribution in [0.2, 0.25) is 5.02 Å². The van der Waals surface area contributed by atoms with Crippen LogP contribution in [-0.4, -0.2) is 0 Å². The summed E-state index contributed by atoms with van der Waals surface area (Å²) < 4.78 is 0. The van der Waals surface area contributed by atoms with Crippen molar-refractivity contribution in [3.63, 3.8) is 0 Å². The summed E-state index contributed by atoms with van der Waals surface area (Å²) in [6, 6.07) is 6.15. The molecule has 65 valence electrons. The van der Waals surface area contributed by atoms with Crippen LogP contribution in [0, 0.1) is 6.92 Å². The third kappa shape index (κ3) is 1.81. The molecule has 0 aliphatic rings. The van der Waals surface area contributed by atoms with E-state index in [9.17, 15) is 0 Å². The van der Waals surface area contributed by atoms with Gasteiger partial charge in [0.05, 0.1) is 0 Å². The molecule has 12 heavy (non-hydrogen) atoms. The lowest BCUT2D eigenvalue weighted by Crippen LogP contribution is -1.92. The van der Waals surface area contributed by atoms with Crippen molar-refractivity contribution < 1.29 is 0 Å². The van der Waals surface area contributed by atoms with Crippen molar-refractivity contribution in [2.75, 3.05) is 0 Å². The van der Waals surface area contributed by atoms with Crippen LogP contribution in [0.25, 0.3) is 0 Å². The molecule has 1 heteroatoms. The van der Waals surface area contributed by atoms with Gasteiger partial charge in [-0.3, -0.25) is 0 Å². The number of halogens is 1. The van der Waals surface area contributed by atoms with E-state index in [1.54, 1.807) is 0 Å². The Balaban J connectivity index is 3.14. The van der Waals surface area contributed by atoms with Crippen LogP contribution in [0.4, 0.5) is 0 Å². The minimum absolute atomic E-state index is 0.268. The highest BCUT2D eigenvalue weighted by Crippen LogP contribution is 2.27. The van der Waals surface area contributed by atoms with Gasteiger partial charge in [-0.15, -0.1) is 0 Å². The Hall–Kier alpha value is -0.490. The second kappa shape index (κ2) is 3.95. The fourth-order valence-electron chi connectivity index (χ4n) is 1.25. The Morgan fingerprint density at radius 3 is 2.67 bits per heavy atom. The van der Waals surface area contributed by atoms with Gasteiger partial charge in [0, 0.05) is 5.02 Å². The van der Waals surface area contributed by atoms with Crippen LogP contribution in [-0.2, 0) is 6.42 Å². The first-order valence-electron chi connectivity index (χ1n) is 4.27. The van der Waals surface area contributed by atoms with E-state index in [1.165, 1.54) is 5.56 Å². The predicted molar refractivity (Wildman–Crippen MR) is 54.6 cm³/mol. The topological polar surface area (TPSA) is 0 Å². The van der Waals surface area contributed by atoms with E-state index in [4.69, 9.17) is 11.6 Å². The first-order valence-corrected chi connectivity index (χ1v) is 4.65. The SMILES string of the molecule is [CH2]C(C)c1cccc(CC)c1Cl. The van der Waals surface area contributed by atoms with E-state index >= 15 is 0 Å². The third-order valence-electron chi connectivity index (χ3n) is 2.02. The van der Waals surface area contributed by atoms with Crippen molar-refractivity contribution in [1.82, 2.24) is 0 Å². The zero-order valence-electron chi connectivity index (χ0n) is 7.60. The minimum atomic E-state index is 0.268. The summed E-state index contributed by atoms with van der Waals surface area (Å²) in [7, 11) is 0. The quantitative estimate of drug-likeness (QED) is 0.651. The van der Waals surface area contributed by atoms with Gasteiger partial charge in [0.2, 0.25) is 0 Å². The van der Waals surface area contributed by atoms with E-state index in [0.29, 0.717) is 0 Å². The zero-order chi connectivity index (χ0) is 9.14. The Morgan fingerprint density at radius 1 is 1.50 bits per heavy atom.